The summed E-state index contributed by atoms with van der Waals surface area (Å²) < 4.78 is 32.7. The van der Waals surface area contributed by atoms with Crippen LogP contribution in [0.3, 0.4) is 0 Å². The van der Waals surface area contributed by atoms with Crippen molar-refractivity contribution in [2.24, 2.45) is 5.73 Å². The van der Waals surface area contributed by atoms with E-state index in [1.807, 2.05) is 12.2 Å². The number of ether oxygens (including phenoxy) is 2. The summed E-state index contributed by atoms with van der Waals surface area (Å²) >= 11 is 0. The van der Waals surface area contributed by atoms with Gasteiger partial charge < -0.3 is 20.1 Å². The van der Waals surface area contributed by atoms with Crippen LogP contribution in [0, 0.1) is 0 Å². The molecule has 0 saturated carbocycles. The lowest BCUT2D eigenvalue weighted by Crippen LogP contribution is -2.29. The lowest BCUT2D eigenvalue weighted by atomic mass is 10.1. The van der Waals surface area contributed by atoms with Crippen LogP contribution in [-0.4, -0.2) is 55.1 Å². The van der Waals surface area contributed by atoms with Crippen molar-refractivity contribution >= 4 is 25.5 Å². The first-order valence-electron chi connectivity index (χ1n) is 21.1. The number of nitrogens with two attached hydrogens (primary N) is 1. The van der Waals surface area contributed by atoms with Gasteiger partial charge in [0.15, 0.2) is 11.9 Å². The molecule has 2 atom stereocenters. The first-order valence-corrected chi connectivity index (χ1v) is 22.6. The third kappa shape index (κ3) is 37.9. The summed E-state index contributed by atoms with van der Waals surface area (Å²) in [6, 6.07) is 0. The van der Waals surface area contributed by atoms with Crippen molar-refractivity contribution in [3.8, 4) is 0 Å². The van der Waals surface area contributed by atoms with Gasteiger partial charge in [0.1, 0.15) is 6.61 Å². The molecule has 0 aromatic rings. The van der Waals surface area contributed by atoms with Crippen molar-refractivity contribution < 1.29 is 42.4 Å². The normalized spacial score (nSPS) is 13.7. The molecule has 0 aliphatic heterocycles. The molecule has 0 aromatic heterocycles. The highest BCUT2D eigenvalue weighted by molar-refractivity contribution is 7.47. The Hall–Kier alpha value is -2.36. The van der Waals surface area contributed by atoms with Crippen molar-refractivity contribution in [1.82, 2.24) is 0 Å². The Bertz CT molecular complexity index is 1090. The van der Waals surface area contributed by atoms with Crippen molar-refractivity contribution in [2.45, 2.75) is 180 Å². The molecule has 0 spiro atoms. The van der Waals surface area contributed by atoms with E-state index in [2.05, 4.69) is 44.2 Å². The van der Waals surface area contributed by atoms with E-state index in [4.69, 9.17) is 24.3 Å². The summed E-state index contributed by atoms with van der Waals surface area (Å²) in [6.07, 6.45) is 39.7. The highest BCUT2D eigenvalue weighted by Crippen LogP contribution is 2.43. The van der Waals surface area contributed by atoms with Crippen LogP contribution >= 0.6 is 7.82 Å². The maximum Gasteiger partial charge on any atom is 0.472 e. The number of unbranched alkanes of at least 4 members (excludes halogenated alkanes) is 17. The highest BCUT2D eigenvalue weighted by atomic mass is 31.2. The molecule has 3 N–H and O–H groups in total. The number of rotatable bonds is 39. The van der Waals surface area contributed by atoms with E-state index in [9.17, 15) is 23.8 Å². The Balaban J connectivity index is 4.25. The zero-order chi connectivity index (χ0) is 39.8. The van der Waals surface area contributed by atoms with Gasteiger partial charge in [-0.15, -0.1) is 0 Å². The molecule has 1 unspecified atom stereocenters. The molecule has 0 bridgehead atoms. The van der Waals surface area contributed by atoms with Crippen LogP contribution in [-0.2, 0) is 37.5 Å². The number of ketones is 1. The van der Waals surface area contributed by atoms with E-state index in [-0.39, 0.29) is 38.4 Å². The van der Waals surface area contributed by atoms with Gasteiger partial charge in [-0.3, -0.25) is 23.4 Å². The number of hydrogen-bond donors (Lipinski definition) is 2. The van der Waals surface area contributed by atoms with Gasteiger partial charge in [-0.2, -0.15) is 0 Å². The third-order valence-electron chi connectivity index (χ3n) is 8.66. The Kier molecular flexibility index (Phi) is 37.2. The molecule has 11 heteroatoms. The minimum absolute atomic E-state index is 0.0375. The molecule has 0 aliphatic rings. The number of phosphoric acid groups is 1. The van der Waals surface area contributed by atoms with E-state index in [1.165, 1.54) is 44.9 Å². The predicted molar refractivity (Wildman–Crippen MR) is 220 cm³/mol. The number of phosphoric ester groups is 1. The van der Waals surface area contributed by atoms with Crippen LogP contribution in [0.25, 0.3) is 0 Å². The second-order valence-corrected chi connectivity index (χ2v) is 15.3. The maximum atomic E-state index is 12.6. The molecule has 0 fully saturated rings. The van der Waals surface area contributed by atoms with Gasteiger partial charge in [-0.1, -0.05) is 133 Å². The summed E-state index contributed by atoms with van der Waals surface area (Å²) in [5.74, 6) is -0.726. The van der Waals surface area contributed by atoms with Crippen LogP contribution in [0.2, 0.25) is 0 Å². The first-order chi connectivity index (χ1) is 26.2. The van der Waals surface area contributed by atoms with Gasteiger partial charge in [0.05, 0.1) is 13.2 Å². The number of allylic oxidation sites excluding steroid dienone is 8. The third-order valence-corrected chi connectivity index (χ3v) is 9.65. The van der Waals surface area contributed by atoms with E-state index in [0.717, 1.165) is 83.5 Å². The standard InChI is InChI=1S/C43H76NO9P/c1-3-5-7-8-9-10-11-12-13-14-15-16-17-20-24-27-31-35-43(47)53-41(39-52-54(48,49)51-37-36-44)38-50-42(46)34-30-26-23-21-18-19-22-25-29-33-40(45)32-28-6-4-2/h9-10,12-13,22,25,29,33,41H,3-8,11,14-21,23-24,26-28,30-32,34-39,44H2,1-2H3,(H,48,49)/b10-9-,13-12-,25-22-,33-29+/t41-/m1/s1. The first kappa shape index (κ1) is 51.6. The van der Waals surface area contributed by atoms with Crippen molar-refractivity contribution in [1.29, 1.82) is 0 Å². The smallest absolute Gasteiger partial charge is 0.462 e. The fourth-order valence-electron chi connectivity index (χ4n) is 5.47. The molecule has 0 amide bonds. The number of carbonyl (C=O) groups excluding carboxylic acids is 3. The average Bonchev–Trinajstić information content (AvgIpc) is 3.15. The minimum atomic E-state index is -4.40. The van der Waals surface area contributed by atoms with E-state index in [1.54, 1.807) is 6.08 Å². The number of carbonyl (C=O) groups is 3. The fraction of sp³-hybridized carbons (Fsp3) is 0.744. The molecule has 0 saturated heterocycles. The quantitative estimate of drug-likeness (QED) is 0.0154. The molecule has 312 valence electrons. The van der Waals surface area contributed by atoms with Crippen molar-refractivity contribution in [3.63, 3.8) is 0 Å². The summed E-state index contributed by atoms with van der Waals surface area (Å²) in [6.45, 7) is 3.48. The van der Waals surface area contributed by atoms with Gasteiger partial charge >= 0.3 is 19.8 Å². The predicted octanol–water partition coefficient (Wildman–Crippen LogP) is 11.1. The molecule has 54 heavy (non-hydrogen) atoms. The number of hydrogen-bond acceptors (Lipinski definition) is 9. The molecular weight excluding hydrogens is 705 g/mol. The zero-order valence-corrected chi connectivity index (χ0v) is 34.8. The second-order valence-electron chi connectivity index (χ2n) is 13.9. The van der Waals surface area contributed by atoms with Crippen molar-refractivity contribution in [2.75, 3.05) is 26.4 Å². The van der Waals surface area contributed by atoms with E-state index in [0.29, 0.717) is 19.3 Å². The summed E-state index contributed by atoms with van der Waals surface area (Å²) in [4.78, 5) is 46.6. The molecule has 10 nitrogen and oxygen atoms in total. The Labute approximate surface area is 328 Å². The molecule has 0 aliphatic carbocycles. The van der Waals surface area contributed by atoms with Crippen LogP contribution < -0.4 is 5.73 Å². The summed E-state index contributed by atoms with van der Waals surface area (Å²) in [5.41, 5.74) is 5.34. The topological polar surface area (TPSA) is 151 Å². The van der Waals surface area contributed by atoms with Gasteiger partial charge in [0, 0.05) is 25.8 Å². The fourth-order valence-corrected chi connectivity index (χ4v) is 6.23. The molecule has 0 heterocycles. The molecule has 0 aromatic carbocycles. The second kappa shape index (κ2) is 38.9. The lowest BCUT2D eigenvalue weighted by molar-refractivity contribution is -0.161. The average molecular weight is 782 g/mol. The lowest BCUT2D eigenvalue weighted by Gasteiger charge is -2.19. The molecule has 0 rings (SSSR count). The van der Waals surface area contributed by atoms with Crippen molar-refractivity contribution in [3.05, 3.63) is 48.6 Å². The van der Waals surface area contributed by atoms with Gasteiger partial charge in [-0.05, 0) is 70.3 Å². The number of esters is 2. The van der Waals surface area contributed by atoms with Crippen LogP contribution in [0.1, 0.15) is 174 Å². The van der Waals surface area contributed by atoms with Crippen LogP contribution in [0.5, 0.6) is 0 Å². The summed E-state index contributed by atoms with van der Waals surface area (Å²) in [5, 5.41) is 0. The SMILES string of the molecule is CCCCC/C=C\C/C=C\CCCCCCCCCC(=O)O[C@H](COC(=O)CCCCCCC/C=C\C=C\C(=O)CCCCC)COP(=O)(O)OCCN. The van der Waals surface area contributed by atoms with Gasteiger partial charge in [0.2, 0.25) is 0 Å². The Morgan fingerprint density at radius 2 is 1.13 bits per heavy atom. The van der Waals surface area contributed by atoms with Crippen LogP contribution in [0.4, 0.5) is 0 Å². The van der Waals surface area contributed by atoms with Crippen LogP contribution in [0.15, 0.2) is 48.6 Å². The van der Waals surface area contributed by atoms with E-state index >= 15 is 0 Å². The summed E-state index contributed by atoms with van der Waals surface area (Å²) in [7, 11) is -4.40. The largest absolute Gasteiger partial charge is 0.472 e. The highest BCUT2D eigenvalue weighted by Gasteiger charge is 2.26. The van der Waals surface area contributed by atoms with E-state index < -0.39 is 32.5 Å². The Morgan fingerprint density at radius 3 is 1.74 bits per heavy atom. The molecule has 0 radical (unpaired) electrons. The maximum absolute atomic E-state index is 12.6. The van der Waals surface area contributed by atoms with Gasteiger partial charge in [0.25, 0.3) is 0 Å². The monoisotopic (exact) mass is 782 g/mol. The zero-order valence-electron chi connectivity index (χ0n) is 33.9. The minimum Gasteiger partial charge on any atom is -0.462 e. The van der Waals surface area contributed by atoms with Gasteiger partial charge in [-0.25, -0.2) is 4.57 Å². The molecular formula is C43H76NO9P. The Morgan fingerprint density at radius 1 is 0.611 bits per heavy atom.